The van der Waals surface area contributed by atoms with Crippen LogP contribution in [-0.4, -0.2) is 85.7 Å². The Morgan fingerprint density at radius 3 is 2.48 bits per heavy atom. The number of esters is 2. The number of thiocarbonyl (C=S) groups is 1. The van der Waals surface area contributed by atoms with Crippen LogP contribution in [0, 0.1) is 0 Å². The van der Waals surface area contributed by atoms with Crippen LogP contribution in [0.3, 0.4) is 0 Å². The van der Waals surface area contributed by atoms with E-state index in [1.54, 1.807) is 0 Å². The Balaban J connectivity index is 1.81. The number of ether oxygens (including phenoxy) is 2. The molecule has 170 valence electrons. The van der Waals surface area contributed by atoms with Crippen molar-refractivity contribution in [3.8, 4) is 0 Å². The summed E-state index contributed by atoms with van der Waals surface area (Å²) in [4.78, 5) is 39.8. The van der Waals surface area contributed by atoms with Crippen LogP contribution in [0.1, 0.15) is 18.4 Å². The van der Waals surface area contributed by atoms with Gasteiger partial charge in [-0.15, -0.1) is 0 Å². The molecule has 0 spiro atoms. The van der Waals surface area contributed by atoms with Crippen molar-refractivity contribution in [2.45, 2.75) is 25.4 Å². The van der Waals surface area contributed by atoms with Gasteiger partial charge < -0.3 is 25.0 Å². The summed E-state index contributed by atoms with van der Waals surface area (Å²) < 4.78 is 9.38. The molecule has 0 aliphatic carbocycles. The van der Waals surface area contributed by atoms with Crippen LogP contribution in [0.4, 0.5) is 0 Å². The van der Waals surface area contributed by atoms with Crippen LogP contribution in [-0.2, 0) is 30.4 Å². The molecule has 1 aliphatic rings. The second-order valence-electron chi connectivity index (χ2n) is 7.18. The molecule has 1 amide bonds. The van der Waals surface area contributed by atoms with Gasteiger partial charge in [0.2, 0.25) is 5.91 Å². The van der Waals surface area contributed by atoms with Gasteiger partial charge in [0.15, 0.2) is 5.11 Å². The van der Waals surface area contributed by atoms with Gasteiger partial charge in [0.05, 0.1) is 27.2 Å². The van der Waals surface area contributed by atoms with Crippen molar-refractivity contribution < 1.29 is 23.9 Å². The van der Waals surface area contributed by atoms with E-state index in [1.807, 2.05) is 35.2 Å². The summed E-state index contributed by atoms with van der Waals surface area (Å²) in [5.74, 6) is -1.14. The number of carbonyl (C=O) groups excluding carboxylic acids is 3. The summed E-state index contributed by atoms with van der Waals surface area (Å²) in [7, 11) is 2.51. The third-order valence-electron chi connectivity index (χ3n) is 4.96. The first-order valence-electron chi connectivity index (χ1n) is 10.2. The van der Waals surface area contributed by atoms with E-state index in [2.05, 4.69) is 20.3 Å². The molecule has 2 N–H and O–H groups in total. The highest BCUT2D eigenvalue weighted by molar-refractivity contribution is 7.80. The Labute approximate surface area is 188 Å². The molecular weight excluding hydrogens is 420 g/mol. The minimum Gasteiger partial charge on any atom is -0.469 e. The number of methoxy groups -OCH3 is 2. The SMILES string of the molecule is COC(=O)CC(NC(=S)N1CCCN(CC(=O)NCc2ccccc2)CC1)C(=O)OC. The molecule has 1 aromatic rings. The molecule has 0 aromatic heterocycles. The van der Waals surface area contributed by atoms with Crippen molar-refractivity contribution in [2.24, 2.45) is 0 Å². The predicted molar refractivity (Wildman–Crippen MR) is 119 cm³/mol. The van der Waals surface area contributed by atoms with Gasteiger partial charge in [-0.2, -0.15) is 0 Å². The third-order valence-corrected chi connectivity index (χ3v) is 5.33. The molecule has 31 heavy (non-hydrogen) atoms. The number of nitrogens with zero attached hydrogens (tertiary/aromatic N) is 2. The molecule has 1 heterocycles. The van der Waals surface area contributed by atoms with Gasteiger partial charge in [-0.05, 0) is 24.2 Å². The van der Waals surface area contributed by atoms with Gasteiger partial charge >= 0.3 is 11.9 Å². The summed E-state index contributed by atoms with van der Waals surface area (Å²) >= 11 is 5.45. The molecule has 9 nitrogen and oxygen atoms in total. The molecule has 1 fully saturated rings. The number of hydrogen-bond acceptors (Lipinski definition) is 7. The van der Waals surface area contributed by atoms with Crippen molar-refractivity contribution in [1.29, 1.82) is 0 Å². The quantitative estimate of drug-likeness (QED) is 0.428. The first-order chi connectivity index (χ1) is 14.9. The van der Waals surface area contributed by atoms with Gasteiger partial charge in [-0.1, -0.05) is 30.3 Å². The predicted octanol–water partition coefficient (Wildman–Crippen LogP) is 0.290. The van der Waals surface area contributed by atoms with Crippen LogP contribution in [0.25, 0.3) is 0 Å². The van der Waals surface area contributed by atoms with E-state index >= 15 is 0 Å². The number of amides is 1. The fourth-order valence-corrected chi connectivity index (χ4v) is 3.54. The first kappa shape index (κ1) is 24.5. The van der Waals surface area contributed by atoms with E-state index in [9.17, 15) is 14.4 Å². The summed E-state index contributed by atoms with van der Waals surface area (Å²) in [6.07, 6.45) is 0.637. The van der Waals surface area contributed by atoms with Crippen LogP contribution in [0.5, 0.6) is 0 Å². The fraction of sp³-hybridized carbons (Fsp3) is 0.524. The lowest BCUT2D eigenvalue weighted by atomic mass is 10.2. The molecule has 1 saturated heterocycles. The molecule has 1 aromatic carbocycles. The summed E-state index contributed by atoms with van der Waals surface area (Å²) in [5, 5.41) is 6.22. The number of benzene rings is 1. The zero-order valence-corrected chi connectivity index (χ0v) is 18.8. The molecule has 0 bridgehead atoms. The molecule has 10 heteroatoms. The first-order valence-corrected chi connectivity index (χ1v) is 10.6. The lowest BCUT2D eigenvalue weighted by Crippen LogP contribution is -2.50. The highest BCUT2D eigenvalue weighted by Crippen LogP contribution is 2.06. The second kappa shape index (κ2) is 12.9. The molecule has 1 atom stereocenters. The Hall–Kier alpha value is -2.72. The minimum atomic E-state index is -0.909. The van der Waals surface area contributed by atoms with Gasteiger partial charge in [-0.3, -0.25) is 14.5 Å². The number of hydrogen-bond donors (Lipinski definition) is 2. The maximum absolute atomic E-state index is 12.3. The van der Waals surface area contributed by atoms with Crippen molar-refractivity contribution in [1.82, 2.24) is 20.4 Å². The lowest BCUT2D eigenvalue weighted by Gasteiger charge is -2.27. The average Bonchev–Trinajstić information content (AvgIpc) is 3.02. The monoisotopic (exact) mass is 450 g/mol. The molecule has 2 rings (SSSR count). The van der Waals surface area contributed by atoms with Crippen molar-refractivity contribution in [3.05, 3.63) is 35.9 Å². The Kier molecular flexibility index (Phi) is 10.2. The highest BCUT2D eigenvalue weighted by Gasteiger charge is 2.26. The van der Waals surface area contributed by atoms with Crippen molar-refractivity contribution >= 4 is 35.2 Å². The van der Waals surface area contributed by atoms with E-state index < -0.39 is 18.0 Å². The second-order valence-corrected chi connectivity index (χ2v) is 7.57. The highest BCUT2D eigenvalue weighted by atomic mass is 32.1. The summed E-state index contributed by atoms with van der Waals surface area (Å²) in [6, 6.07) is 8.86. The van der Waals surface area contributed by atoms with Gasteiger partial charge in [0.25, 0.3) is 0 Å². The van der Waals surface area contributed by atoms with E-state index in [0.717, 1.165) is 18.5 Å². The van der Waals surface area contributed by atoms with Crippen molar-refractivity contribution in [2.75, 3.05) is 46.9 Å². The Morgan fingerprint density at radius 2 is 1.81 bits per heavy atom. The molecule has 0 radical (unpaired) electrons. The minimum absolute atomic E-state index is 0.0261. The number of carbonyl (C=O) groups is 3. The van der Waals surface area contributed by atoms with E-state index in [4.69, 9.17) is 17.0 Å². The number of rotatable bonds is 8. The van der Waals surface area contributed by atoms with Gasteiger partial charge in [0, 0.05) is 32.7 Å². The largest absolute Gasteiger partial charge is 0.469 e. The molecule has 1 aliphatic heterocycles. The lowest BCUT2D eigenvalue weighted by molar-refractivity contribution is -0.149. The third kappa shape index (κ3) is 8.50. The maximum atomic E-state index is 12.3. The van der Waals surface area contributed by atoms with E-state index in [1.165, 1.54) is 14.2 Å². The Morgan fingerprint density at radius 1 is 1.06 bits per heavy atom. The Bertz CT molecular complexity index is 761. The van der Waals surface area contributed by atoms with Gasteiger partial charge in [0.1, 0.15) is 6.04 Å². The standard InChI is InChI=1S/C21H30N4O5S/c1-29-19(27)13-17(20(28)30-2)23-21(31)25-10-6-9-24(11-12-25)15-18(26)22-14-16-7-4-3-5-8-16/h3-5,7-8,17H,6,9-15H2,1-2H3,(H,22,26)(H,23,31). The molecule has 0 saturated carbocycles. The molecular formula is C21H30N4O5S. The number of nitrogens with one attached hydrogen (secondary N) is 2. The van der Waals surface area contributed by atoms with Crippen molar-refractivity contribution in [3.63, 3.8) is 0 Å². The van der Waals surface area contributed by atoms with Gasteiger partial charge in [-0.25, -0.2) is 4.79 Å². The average molecular weight is 451 g/mol. The fourth-order valence-electron chi connectivity index (χ4n) is 3.21. The smallest absolute Gasteiger partial charge is 0.328 e. The summed E-state index contributed by atoms with van der Waals surface area (Å²) in [6.45, 7) is 3.52. The van der Waals surface area contributed by atoms with E-state index in [0.29, 0.717) is 37.8 Å². The molecule has 1 unspecified atom stereocenters. The van der Waals surface area contributed by atoms with Crippen LogP contribution in [0.15, 0.2) is 30.3 Å². The zero-order chi connectivity index (χ0) is 22.6. The zero-order valence-electron chi connectivity index (χ0n) is 18.0. The normalized spacial score (nSPS) is 15.4. The topological polar surface area (TPSA) is 100 Å². The summed E-state index contributed by atoms with van der Waals surface area (Å²) in [5.41, 5.74) is 1.06. The van der Waals surface area contributed by atoms with Crippen LogP contribution < -0.4 is 10.6 Å². The van der Waals surface area contributed by atoms with Crippen LogP contribution >= 0.6 is 12.2 Å². The maximum Gasteiger partial charge on any atom is 0.328 e. The van der Waals surface area contributed by atoms with E-state index in [-0.39, 0.29) is 12.3 Å². The van der Waals surface area contributed by atoms with Crippen LogP contribution in [0.2, 0.25) is 0 Å².